The number of halogens is 1. The Morgan fingerprint density at radius 3 is 2.74 bits per heavy atom. The summed E-state index contributed by atoms with van der Waals surface area (Å²) >= 11 is 0. The molecule has 1 fully saturated rings. The molecule has 160 valence electrons. The zero-order valence-electron chi connectivity index (χ0n) is 17.3. The third kappa shape index (κ3) is 5.19. The molecule has 0 aliphatic carbocycles. The molecular weight excluding hydrogens is 395 g/mol. The van der Waals surface area contributed by atoms with E-state index in [0.29, 0.717) is 29.6 Å². The highest BCUT2D eigenvalue weighted by atomic mass is 19.1. The summed E-state index contributed by atoms with van der Waals surface area (Å²) in [6, 6.07) is 15.1. The summed E-state index contributed by atoms with van der Waals surface area (Å²) in [6.45, 7) is 4.30. The fourth-order valence-electron chi connectivity index (χ4n) is 3.69. The van der Waals surface area contributed by atoms with Crippen molar-refractivity contribution in [2.24, 2.45) is 0 Å². The van der Waals surface area contributed by atoms with Gasteiger partial charge in [-0.15, -0.1) is 0 Å². The number of pyridine rings is 1. The predicted octanol–water partition coefficient (Wildman–Crippen LogP) is 3.86. The van der Waals surface area contributed by atoms with Gasteiger partial charge in [0.15, 0.2) is 0 Å². The number of amides is 1. The van der Waals surface area contributed by atoms with Crippen LogP contribution >= 0.6 is 0 Å². The van der Waals surface area contributed by atoms with Gasteiger partial charge in [0.2, 0.25) is 0 Å². The highest BCUT2D eigenvalue weighted by Gasteiger charge is 2.23. The van der Waals surface area contributed by atoms with Crippen LogP contribution < -0.4 is 15.5 Å². The van der Waals surface area contributed by atoms with Crippen LogP contribution in [0, 0.1) is 12.7 Å². The molecule has 7 heteroatoms. The molecular formula is C24H25FN4O2. The van der Waals surface area contributed by atoms with Crippen molar-refractivity contribution in [1.82, 2.24) is 10.3 Å². The van der Waals surface area contributed by atoms with Gasteiger partial charge >= 0.3 is 0 Å². The van der Waals surface area contributed by atoms with Crippen molar-refractivity contribution in [3.05, 3.63) is 83.3 Å². The van der Waals surface area contributed by atoms with Gasteiger partial charge in [0.25, 0.3) is 5.91 Å². The van der Waals surface area contributed by atoms with Crippen molar-refractivity contribution in [1.29, 1.82) is 0 Å². The maximum atomic E-state index is 13.0. The number of anilines is 2. The quantitative estimate of drug-likeness (QED) is 0.565. The van der Waals surface area contributed by atoms with E-state index in [-0.39, 0.29) is 11.7 Å². The second-order valence-corrected chi connectivity index (χ2v) is 7.81. The van der Waals surface area contributed by atoms with E-state index in [1.54, 1.807) is 18.3 Å². The molecule has 0 unspecified atom stereocenters. The number of carbonyl (C=O) groups is 1. The van der Waals surface area contributed by atoms with Crippen LogP contribution in [0.15, 0.2) is 60.8 Å². The van der Waals surface area contributed by atoms with Crippen molar-refractivity contribution in [3.8, 4) is 5.75 Å². The lowest BCUT2D eigenvalue weighted by Crippen LogP contribution is -2.32. The number of aryl methyl sites for hydroxylation is 1. The van der Waals surface area contributed by atoms with Crippen LogP contribution in [-0.4, -0.2) is 35.1 Å². The SMILES string of the molecule is Cc1ccc(O)c(CN[C@@H]2CCN(c3ccc(C(=O)Nc4ccc(F)cc4)cn3)C2)c1. The lowest BCUT2D eigenvalue weighted by Gasteiger charge is -2.18. The first kappa shape index (κ1) is 20.8. The Labute approximate surface area is 180 Å². The maximum Gasteiger partial charge on any atom is 0.257 e. The Kier molecular flexibility index (Phi) is 6.13. The molecule has 0 spiro atoms. The number of hydrogen-bond donors (Lipinski definition) is 3. The molecule has 3 aromatic rings. The zero-order chi connectivity index (χ0) is 21.8. The number of aromatic nitrogens is 1. The summed E-state index contributed by atoms with van der Waals surface area (Å²) in [6.07, 6.45) is 2.53. The lowest BCUT2D eigenvalue weighted by molar-refractivity contribution is 0.102. The largest absolute Gasteiger partial charge is 0.508 e. The van der Waals surface area contributed by atoms with Crippen molar-refractivity contribution in [3.63, 3.8) is 0 Å². The normalized spacial score (nSPS) is 15.8. The van der Waals surface area contributed by atoms with Gasteiger partial charge in [-0.3, -0.25) is 4.79 Å². The topological polar surface area (TPSA) is 77.5 Å². The van der Waals surface area contributed by atoms with E-state index >= 15 is 0 Å². The van der Waals surface area contributed by atoms with Gasteiger partial charge in [-0.05, 0) is 55.8 Å². The van der Waals surface area contributed by atoms with Crippen molar-refractivity contribution in [2.45, 2.75) is 25.9 Å². The number of phenolic OH excluding ortho intramolecular Hbond substituents is 1. The molecule has 2 heterocycles. The molecule has 6 nitrogen and oxygen atoms in total. The maximum absolute atomic E-state index is 13.0. The first-order valence-corrected chi connectivity index (χ1v) is 10.3. The number of nitrogens with zero attached hydrogens (tertiary/aromatic N) is 2. The molecule has 4 rings (SSSR count). The van der Waals surface area contributed by atoms with E-state index in [1.165, 1.54) is 24.3 Å². The molecule has 1 amide bonds. The molecule has 1 aromatic heterocycles. The minimum Gasteiger partial charge on any atom is -0.508 e. The van der Waals surface area contributed by atoms with E-state index in [4.69, 9.17) is 0 Å². The average molecular weight is 420 g/mol. The highest BCUT2D eigenvalue weighted by molar-refractivity contribution is 6.04. The van der Waals surface area contributed by atoms with Crippen molar-refractivity contribution in [2.75, 3.05) is 23.3 Å². The molecule has 2 aromatic carbocycles. The number of nitrogens with one attached hydrogen (secondary N) is 2. The fraction of sp³-hybridized carbons (Fsp3) is 0.250. The Hall–Kier alpha value is -3.45. The van der Waals surface area contributed by atoms with Crippen molar-refractivity contribution >= 4 is 17.4 Å². The van der Waals surface area contributed by atoms with Crippen molar-refractivity contribution < 1.29 is 14.3 Å². The van der Waals surface area contributed by atoms with Crippen LogP contribution in [0.2, 0.25) is 0 Å². The van der Waals surface area contributed by atoms with Gasteiger partial charge < -0.3 is 20.6 Å². The fourth-order valence-corrected chi connectivity index (χ4v) is 3.69. The van der Waals surface area contributed by atoms with Gasteiger partial charge in [-0.2, -0.15) is 0 Å². The number of carbonyl (C=O) groups excluding carboxylic acids is 1. The summed E-state index contributed by atoms with van der Waals surface area (Å²) in [5.41, 5.74) is 2.99. The molecule has 1 atom stereocenters. The standard InChI is InChI=1S/C24H25FN4O2/c1-16-2-8-22(30)18(12-16)14-26-21-10-11-29(15-21)23-9-3-17(13-27-23)24(31)28-20-6-4-19(25)5-7-20/h2-9,12-13,21,26,30H,10-11,14-15H2,1H3,(H,28,31)/t21-/m1/s1. The third-order valence-corrected chi connectivity index (χ3v) is 5.44. The molecule has 0 bridgehead atoms. The Bertz CT molecular complexity index is 1050. The van der Waals surface area contributed by atoms with Crippen LogP contribution in [-0.2, 0) is 6.54 Å². The van der Waals surface area contributed by atoms with Crippen LogP contribution in [0.5, 0.6) is 5.75 Å². The van der Waals surface area contributed by atoms with E-state index in [1.807, 2.05) is 25.1 Å². The predicted molar refractivity (Wildman–Crippen MR) is 119 cm³/mol. The van der Waals surface area contributed by atoms with Gasteiger partial charge in [-0.25, -0.2) is 9.37 Å². The van der Waals surface area contributed by atoms with E-state index < -0.39 is 0 Å². The van der Waals surface area contributed by atoms with Crippen LogP contribution in [0.1, 0.15) is 27.9 Å². The van der Waals surface area contributed by atoms with E-state index in [2.05, 4.69) is 20.5 Å². The van der Waals surface area contributed by atoms with E-state index in [0.717, 1.165) is 36.5 Å². The first-order valence-electron chi connectivity index (χ1n) is 10.3. The monoisotopic (exact) mass is 420 g/mol. The summed E-state index contributed by atoms with van der Waals surface area (Å²) in [5, 5.41) is 16.2. The molecule has 0 radical (unpaired) electrons. The first-order chi connectivity index (χ1) is 15.0. The van der Waals surface area contributed by atoms with E-state index in [9.17, 15) is 14.3 Å². The second-order valence-electron chi connectivity index (χ2n) is 7.81. The summed E-state index contributed by atoms with van der Waals surface area (Å²) in [7, 11) is 0. The minimum absolute atomic E-state index is 0.287. The summed E-state index contributed by atoms with van der Waals surface area (Å²) < 4.78 is 13.0. The van der Waals surface area contributed by atoms with Gasteiger partial charge in [0.05, 0.1) is 5.56 Å². The third-order valence-electron chi connectivity index (χ3n) is 5.44. The molecule has 1 aliphatic heterocycles. The number of aromatic hydroxyl groups is 1. The van der Waals surface area contributed by atoms with Gasteiger partial charge in [-0.1, -0.05) is 17.7 Å². The number of phenols is 1. The number of rotatable bonds is 6. The Morgan fingerprint density at radius 1 is 1.19 bits per heavy atom. The van der Waals surface area contributed by atoms with Gasteiger partial charge in [0.1, 0.15) is 17.4 Å². The summed E-state index contributed by atoms with van der Waals surface area (Å²) in [5.74, 6) is 0.493. The Morgan fingerprint density at radius 2 is 2.00 bits per heavy atom. The molecule has 1 aliphatic rings. The van der Waals surface area contributed by atoms with Gasteiger partial charge in [0, 0.05) is 43.1 Å². The average Bonchev–Trinajstić information content (AvgIpc) is 3.25. The highest BCUT2D eigenvalue weighted by Crippen LogP contribution is 2.21. The number of benzene rings is 2. The van der Waals surface area contributed by atoms with Crippen LogP contribution in [0.25, 0.3) is 0 Å². The zero-order valence-corrected chi connectivity index (χ0v) is 17.3. The minimum atomic E-state index is -0.349. The molecule has 0 saturated carbocycles. The molecule has 3 N–H and O–H groups in total. The molecule has 31 heavy (non-hydrogen) atoms. The lowest BCUT2D eigenvalue weighted by atomic mass is 10.1. The van der Waals surface area contributed by atoms with Crippen LogP contribution in [0.3, 0.4) is 0 Å². The summed E-state index contributed by atoms with van der Waals surface area (Å²) in [4.78, 5) is 19.0. The molecule has 1 saturated heterocycles. The number of hydrogen-bond acceptors (Lipinski definition) is 5. The Balaban J connectivity index is 1.31. The smallest absolute Gasteiger partial charge is 0.257 e. The second kappa shape index (κ2) is 9.14. The van der Waals surface area contributed by atoms with Crippen LogP contribution in [0.4, 0.5) is 15.9 Å².